The number of nitriles is 1. The van der Waals surface area contributed by atoms with Gasteiger partial charge in [0.25, 0.3) is 0 Å². The second kappa shape index (κ2) is 3.32. The lowest BCUT2D eigenvalue weighted by Gasteiger charge is -1.92. The number of rotatable bonds is 1. The maximum atomic E-state index is 9.04. The van der Waals surface area contributed by atoms with Crippen LogP contribution in [0.1, 0.15) is 17.4 Å². The first-order chi connectivity index (χ1) is 6.76. The van der Waals surface area contributed by atoms with E-state index < -0.39 is 0 Å². The number of nitrogen functional groups attached to an aromatic ring is 1. The highest BCUT2D eigenvalue weighted by molar-refractivity contribution is 7.19. The van der Waals surface area contributed by atoms with E-state index in [4.69, 9.17) is 11.0 Å². The van der Waals surface area contributed by atoms with Crippen LogP contribution in [0.2, 0.25) is 0 Å². The fraction of sp³-hybridized carbons (Fsp3) is 0.182. The van der Waals surface area contributed by atoms with Crippen molar-refractivity contribution in [3.63, 3.8) is 0 Å². The average Bonchev–Trinajstić information content (AvgIpc) is 2.54. The van der Waals surface area contributed by atoms with Crippen molar-refractivity contribution < 1.29 is 0 Å². The van der Waals surface area contributed by atoms with Gasteiger partial charge in [0.2, 0.25) is 0 Å². The van der Waals surface area contributed by atoms with Gasteiger partial charge in [0.05, 0.1) is 5.56 Å². The molecule has 0 unspecified atom stereocenters. The summed E-state index contributed by atoms with van der Waals surface area (Å²) in [5.41, 5.74) is 7.20. The number of benzene rings is 1. The summed E-state index contributed by atoms with van der Waals surface area (Å²) in [6.07, 6.45) is 0.905. The fourth-order valence-electron chi connectivity index (χ4n) is 1.54. The van der Waals surface area contributed by atoms with Gasteiger partial charge in [-0.15, -0.1) is 11.3 Å². The first-order valence-corrected chi connectivity index (χ1v) is 5.29. The summed E-state index contributed by atoms with van der Waals surface area (Å²) in [5.74, 6) is 0. The lowest BCUT2D eigenvalue weighted by atomic mass is 10.1. The highest BCUT2D eigenvalue weighted by Crippen LogP contribution is 2.32. The number of nitrogens with two attached hydrogens (primary N) is 1. The summed E-state index contributed by atoms with van der Waals surface area (Å²) in [6.45, 7) is 2.06. The van der Waals surface area contributed by atoms with Crippen LogP contribution in [-0.2, 0) is 6.42 Å². The highest BCUT2D eigenvalue weighted by Gasteiger charge is 2.09. The number of anilines is 1. The SMILES string of the molecule is CCc1sc2ccc(N)cc2c1C#N. The third-order valence-corrected chi connectivity index (χ3v) is 3.53. The molecule has 2 nitrogen and oxygen atoms in total. The molecular formula is C11H10N2S. The van der Waals surface area contributed by atoms with Crippen LogP contribution < -0.4 is 5.73 Å². The third-order valence-electron chi connectivity index (χ3n) is 2.22. The van der Waals surface area contributed by atoms with Crippen LogP contribution in [0.3, 0.4) is 0 Å². The Morgan fingerprint density at radius 3 is 2.93 bits per heavy atom. The first kappa shape index (κ1) is 9.04. The van der Waals surface area contributed by atoms with Crippen molar-refractivity contribution in [1.82, 2.24) is 0 Å². The molecule has 14 heavy (non-hydrogen) atoms. The van der Waals surface area contributed by atoms with Crippen molar-refractivity contribution in [3.8, 4) is 6.07 Å². The lowest BCUT2D eigenvalue weighted by Crippen LogP contribution is -1.83. The number of nitrogens with zero attached hydrogens (tertiary/aromatic N) is 1. The molecule has 0 spiro atoms. The van der Waals surface area contributed by atoms with E-state index in [1.54, 1.807) is 11.3 Å². The maximum absolute atomic E-state index is 9.04. The van der Waals surface area contributed by atoms with Gasteiger partial charge in [0, 0.05) is 20.7 Å². The molecule has 0 atom stereocenters. The molecular weight excluding hydrogens is 192 g/mol. The second-order valence-electron chi connectivity index (χ2n) is 3.12. The van der Waals surface area contributed by atoms with Gasteiger partial charge in [0.1, 0.15) is 6.07 Å². The molecule has 1 aromatic carbocycles. The van der Waals surface area contributed by atoms with Gasteiger partial charge in [-0.1, -0.05) is 6.92 Å². The summed E-state index contributed by atoms with van der Waals surface area (Å²) in [7, 11) is 0. The Hall–Kier alpha value is -1.53. The van der Waals surface area contributed by atoms with Gasteiger partial charge < -0.3 is 5.73 Å². The number of hydrogen-bond donors (Lipinski definition) is 1. The molecule has 70 valence electrons. The van der Waals surface area contributed by atoms with Crippen LogP contribution in [0, 0.1) is 11.3 Å². The standard InChI is InChI=1S/C11H10N2S/c1-2-10-9(6-12)8-5-7(13)3-4-11(8)14-10/h3-5H,2,13H2,1H3. The molecule has 0 saturated heterocycles. The van der Waals surface area contributed by atoms with Crippen LogP contribution >= 0.6 is 11.3 Å². The monoisotopic (exact) mass is 202 g/mol. The van der Waals surface area contributed by atoms with Gasteiger partial charge in [0.15, 0.2) is 0 Å². The Morgan fingerprint density at radius 1 is 1.50 bits per heavy atom. The summed E-state index contributed by atoms with van der Waals surface area (Å²) in [4.78, 5) is 1.15. The summed E-state index contributed by atoms with van der Waals surface area (Å²) in [6, 6.07) is 7.99. The van der Waals surface area contributed by atoms with E-state index in [2.05, 4.69) is 13.0 Å². The molecule has 0 aliphatic heterocycles. The van der Waals surface area contributed by atoms with Gasteiger partial charge in [-0.3, -0.25) is 0 Å². The zero-order valence-corrected chi connectivity index (χ0v) is 8.69. The molecule has 1 heterocycles. The number of fused-ring (bicyclic) bond motifs is 1. The smallest absolute Gasteiger partial charge is 0.101 e. The number of thiophene rings is 1. The van der Waals surface area contributed by atoms with E-state index in [1.807, 2.05) is 18.2 Å². The van der Waals surface area contributed by atoms with Crippen molar-refractivity contribution >= 4 is 27.1 Å². The van der Waals surface area contributed by atoms with Gasteiger partial charge >= 0.3 is 0 Å². The zero-order chi connectivity index (χ0) is 10.1. The molecule has 0 fully saturated rings. The van der Waals surface area contributed by atoms with Crippen molar-refractivity contribution in [1.29, 1.82) is 5.26 Å². The molecule has 2 rings (SSSR count). The Labute approximate surface area is 86.6 Å². The van der Waals surface area contributed by atoms with Crippen LogP contribution in [-0.4, -0.2) is 0 Å². The minimum atomic E-state index is 0.717. The van der Waals surface area contributed by atoms with Gasteiger partial charge in [-0.2, -0.15) is 5.26 Å². The molecule has 2 N–H and O–H groups in total. The average molecular weight is 202 g/mol. The van der Waals surface area contributed by atoms with Crippen molar-refractivity contribution in [2.75, 3.05) is 5.73 Å². The highest BCUT2D eigenvalue weighted by atomic mass is 32.1. The molecule has 0 aliphatic rings. The first-order valence-electron chi connectivity index (χ1n) is 4.47. The van der Waals surface area contributed by atoms with E-state index in [-0.39, 0.29) is 0 Å². The van der Waals surface area contributed by atoms with Crippen molar-refractivity contribution in [3.05, 3.63) is 28.6 Å². The zero-order valence-electron chi connectivity index (χ0n) is 7.87. The molecule has 0 radical (unpaired) electrons. The van der Waals surface area contributed by atoms with Gasteiger partial charge in [-0.05, 0) is 24.6 Å². The van der Waals surface area contributed by atoms with Crippen LogP contribution in [0.5, 0.6) is 0 Å². The van der Waals surface area contributed by atoms with Gasteiger partial charge in [-0.25, -0.2) is 0 Å². The summed E-state index contributed by atoms with van der Waals surface area (Å²) >= 11 is 1.68. The van der Waals surface area contributed by atoms with Crippen LogP contribution in [0.4, 0.5) is 5.69 Å². The largest absolute Gasteiger partial charge is 0.399 e. The Morgan fingerprint density at radius 2 is 2.29 bits per heavy atom. The van der Waals surface area contributed by atoms with E-state index in [0.29, 0.717) is 0 Å². The number of aryl methyl sites for hydroxylation is 1. The van der Waals surface area contributed by atoms with E-state index in [1.165, 1.54) is 0 Å². The minimum Gasteiger partial charge on any atom is -0.399 e. The molecule has 0 amide bonds. The Kier molecular flexibility index (Phi) is 2.14. The molecule has 1 aromatic heterocycles. The predicted octanol–water partition coefficient (Wildman–Crippen LogP) is 2.92. The molecule has 3 heteroatoms. The van der Waals surface area contributed by atoms with E-state index in [9.17, 15) is 0 Å². The summed E-state index contributed by atoms with van der Waals surface area (Å²) < 4.78 is 1.15. The minimum absolute atomic E-state index is 0.717. The van der Waals surface area contributed by atoms with Crippen molar-refractivity contribution in [2.45, 2.75) is 13.3 Å². The topological polar surface area (TPSA) is 49.8 Å². The van der Waals surface area contributed by atoms with Crippen molar-refractivity contribution in [2.24, 2.45) is 0 Å². The molecule has 0 bridgehead atoms. The number of hydrogen-bond acceptors (Lipinski definition) is 3. The molecule has 2 aromatic rings. The third kappa shape index (κ3) is 1.24. The summed E-state index contributed by atoms with van der Waals surface area (Å²) in [5, 5.41) is 10.0. The lowest BCUT2D eigenvalue weighted by molar-refractivity contribution is 1.18. The predicted molar refractivity (Wildman–Crippen MR) is 60.3 cm³/mol. The van der Waals surface area contributed by atoms with E-state index in [0.717, 1.165) is 32.6 Å². The normalized spacial score (nSPS) is 10.3. The second-order valence-corrected chi connectivity index (χ2v) is 4.26. The molecule has 0 saturated carbocycles. The maximum Gasteiger partial charge on any atom is 0.101 e. The Balaban J connectivity index is 2.83. The quantitative estimate of drug-likeness (QED) is 0.723. The van der Waals surface area contributed by atoms with Crippen LogP contribution in [0.15, 0.2) is 18.2 Å². The van der Waals surface area contributed by atoms with E-state index >= 15 is 0 Å². The fourth-order valence-corrected chi connectivity index (χ4v) is 2.61. The Bertz CT molecular complexity index is 520. The molecule has 0 aliphatic carbocycles. The van der Waals surface area contributed by atoms with Crippen LogP contribution in [0.25, 0.3) is 10.1 Å².